The molecule has 0 saturated heterocycles. The molecule has 0 unspecified atom stereocenters. The lowest BCUT2D eigenvalue weighted by molar-refractivity contribution is -0.128. The van der Waals surface area contributed by atoms with E-state index in [-0.39, 0.29) is 30.5 Å². The van der Waals surface area contributed by atoms with E-state index in [1.165, 1.54) is 12.2 Å². The number of hydrogen-bond donors (Lipinski definition) is 0. The number of nitrogens with zero attached hydrogens (tertiary/aromatic N) is 2. The lowest BCUT2D eigenvalue weighted by atomic mass is 10.0. The van der Waals surface area contributed by atoms with E-state index in [0.717, 1.165) is 9.80 Å². The molecule has 0 aromatic heterocycles. The minimum atomic E-state index is -0.811. The normalized spacial score (nSPS) is 17.0. The fourth-order valence-corrected chi connectivity index (χ4v) is 2.97. The van der Waals surface area contributed by atoms with Crippen LogP contribution in [0.25, 0.3) is 0 Å². The molecule has 1 aliphatic heterocycles. The van der Waals surface area contributed by atoms with Gasteiger partial charge in [0.1, 0.15) is 29.6 Å². The highest BCUT2D eigenvalue weighted by molar-refractivity contribution is 6.07. The Morgan fingerprint density at radius 2 is 1.61 bits per heavy atom. The van der Waals surface area contributed by atoms with Crippen LogP contribution in [0.15, 0.2) is 36.8 Å². The van der Waals surface area contributed by atoms with Gasteiger partial charge in [-0.3, -0.25) is 9.69 Å². The van der Waals surface area contributed by atoms with Crippen molar-refractivity contribution < 1.29 is 28.6 Å². The van der Waals surface area contributed by atoms with Gasteiger partial charge in [-0.1, -0.05) is 32.6 Å². The molecule has 3 amide bonds. The third-order valence-corrected chi connectivity index (χ3v) is 3.98. The van der Waals surface area contributed by atoms with Crippen LogP contribution < -0.4 is 0 Å². The first-order valence-corrected chi connectivity index (χ1v) is 10.3. The van der Waals surface area contributed by atoms with Gasteiger partial charge in [0, 0.05) is 6.54 Å². The van der Waals surface area contributed by atoms with Crippen LogP contribution in [0.4, 0.5) is 9.59 Å². The van der Waals surface area contributed by atoms with Gasteiger partial charge in [0.05, 0.1) is 0 Å². The van der Waals surface area contributed by atoms with Crippen LogP contribution in [0.3, 0.4) is 0 Å². The van der Waals surface area contributed by atoms with E-state index in [4.69, 9.17) is 14.2 Å². The summed E-state index contributed by atoms with van der Waals surface area (Å²) < 4.78 is 16.8. The van der Waals surface area contributed by atoms with Gasteiger partial charge in [0.2, 0.25) is 0 Å². The van der Waals surface area contributed by atoms with Crippen molar-refractivity contribution in [2.45, 2.75) is 72.6 Å². The summed E-state index contributed by atoms with van der Waals surface area (Å²) in [6.07, 6.45) is 1.43. The molecule has 0 aromatic carbocycles. The number of carbonyl (C=O) groups is 3. The first-order chi connectivity index (χ1) is 14.1. The van der Waals surface area contributed by atoms with E-state index >= 15 is 0 Å². The lowest BCUT2D eigenvalue weighted by Gasteiger charge is -2.30. The molecule has 0 aliphatic carbocycles. The summed E-state index contributed by atoms with van der Waals surface area (Å²) in [5.74, 6) is -0.712. The number of carbonyl (C=O) groups excluding carboxylic acids is 3. The Bertz CT molecular complexity index is 755. The van der Waals surface area contributed by atoms with Gasteiger partial charge >= 0.3 is 12.2 Å². The molecule has 174 valence electrons. The van der Waals surface area contributed by atoms with E-state index in [1.54, 1.807) is 41.5 Å². The van der Waals surface area contributed by atoms with Crippen molar-refractivity contribution in [2.75, 3.05) is 13.2 Å². The van der Waals surface area contributed by atoms with Crippen molar-refractivity contribution >= 4 is 18.1 Å². The number of amides is 3. The summed E-state index contributed by atoms with van der Waals surface area (Å²) in [5.41, 5.74) is -1.67. The fraction of sp³-hybridized carbons (Fsp3) is 0.609. The summed E-state index contributed by atoms with van der Waals surface area (Å²) in [5, 5.41) is 0. The zero-order valence-corrected chi connectivity index (χ0v) is 20.0. The summed E-state index contributed by atoms with van der Waals surface area (Å²) in [6, 6.07) is -0.757. The Labute approximate surface area is 185 Å². The van der Waals surface area contributed by atoms with Crippen LogP contribution in [0.1, 0.15) is 55.4 Å². The second-order valence-corrected chi connectivity index (χ2v) is 9.54. The molecule has 1 heterocycles. The second-order valence-electron chi connectivity index (χ2n) is 9.54. The Morgan fingerprint density at radius 1 is 1.06 bits per heavy atom. The van der Waals surface area contributed by atoms with E-state index in [0.29, 0.717) is 0 Å². The maximum Gasteiger partial charge on any atom is 0.418 e. The van der Waals surface area contributed by atoms with Gasteiger partial charge < -0.3 is 14.2 Å². The minimum absolute atomic E-state index is 0.0100. The maximum absolute atomic E-state index is 13.5. The third kappa shape index (κ3) is 6.87. The van der Waals surface area contributed by atoms with Gasteiger partial charge in [-0.05, 0) is 47.5 Å². The summed E-state index contributed by atoms with van der Waals surface area (Å²) in [4.78, 5) is 41.5. The minimum Gasteiger partial charge on any atom is -0.489 e. The smallest absolute Gasteiger partial charge is 0.418 e. The molecule has 0 bridgehead atoms. The summed E-state index contributed by atoms with van der Waals surface area (Å²) in [7, 11) is 0. The van der Waals surface area contributed by atoms with E-state index in [1.807, 2.05) is 13.8 Å². The van der Waals surface area contributed by atoms with Gasteiger partial charge in [-0.2, -0.15) is 0 Å². The molecule has 8 nitrogen and oxygen atoms in total. The van der Waals surface area contributed by atoms with Crippen molar-refractivity contribution in [3.63, 3.8) is 0 Å². The third-order valence-electron chi connectivity index (χ3n) is 3.98. The molecule has 0 spiro atoms. The maximum atomic E-state index is 13.5. The van der Waals surface area contributed by atoms with Crippen LogP contribution >= 0.6 is 0 Å². The Kier molecular flexibility index (Phi) is 8.49. The number of imide groups is 1. The van der Waals surface area contributed by atoms with Gasteiger partial charge in [0.15, 0.2) is 5.70 Å². The topological polar surface area (TPSA) is 85.4 Å². The summed E-state index contributed by atoms with van der Waals surface area (Å²) in [6.45, 7) is 21.4. The van der Waals surface area contributed by atoms with Gasteiger partial charge in [-0.25, -0.2) is 14.5 Å². The Hall–Kier alpha value is -2.77. The predicted octanol–water partition coefficient (Wildman–Crippen LogP) is 4.63. The SMILES string of the molecule is C=CCOC1=C(N(CC=C)C(=O)OC(C)(C)C)C(=O)N(C(=O)OC(C)(C)C)[C@@H]1C(C)C. The van der Waals surface area contributed by atoms with E-state index in [9.17, 15) is 14.4 Å². The molecule has 0 N–H and O–H groups in total. The molecule has 0 saturated carbocycles. The molecule has 8 heteroatoms. The van der Waals surface area contributed by atoms with Crippen LogP contribution in [0, 0.1) is 5.92 Å². The monoisotopic (exact) mass is 436 g/mol. The average Bonchev–Trinajstić information content (AvgIpc) is 2.87. The van der Waals surface area contributed by atoms with E-state index in [2.05, 4.69) is 13.2 Å². The van der Waals surface area contributed by atoms with Crippen molar-refractivity contribution in [3.8, 4) is 0 Å². The molecule has 1 atom stereocenters. The van der Waals surface area contributed by atoms with Crippen molar-refractivity contribution in [1.82, 2.24) is 9.80 Å². The molecule has 0 fully saturated rings. The van der Waals surface area contributed by atoms with E-state index < -0.39 is 35.3 Å². The van der Waals surface area contributed by atoms with Gasteiger partial charge in [-0.15, -0.1) is 6.58 Å². The molecular weight excluding hydrogens is 400 g/mol. The molecule has 0 radical (unpaired) electrons. The van der Waals surface area contributed by atoms with Crippen molar-refractivity contribution in [3.05, 3.63) is 36.8 Å². The standard InChI is InChI=1S/C23H36N2O6/c1-11-13-24(20(27)30-22(5,6)7)17-18(29-14-12-2)16(15(3)4)25(19(17)26)21(28)31-23(8,9)10/h11-12,15-16H,1-2,13-14H2,3-10H3/t16-/m1/s1. The average molecular weight is 437 g/mol. The number of ether oxygens (including phenoxy) is 3. The molecule has 1 rings (SSSR count). The first kappa shape index (κ1) is 26.3. The highest BCUT2D eigenvalue weighted by atomic mass is 16.6. The van der Waals surface area contributed by atoms with Crippen molar-refractivity contribution in [1.29, 1.82) is 0 Å². The van der Waals surface area contributed by atoms with Crippen LogP contribution in [-0.2, 0) is 19.0 Å². The molecule has 0 aromatic rings. The lowest BCUT2D eigenvalue weighted by Crippen LogP contribution is -2.47. The predicted molar refractivity (Wildman–Crippen MR) is 118 cm³/mol. The molecule has 1 aliphatic rings. The molecular formula is C23H36N2O6. The number of rotatable bonds is 7. The largest absolute Gasteiger partial charge is 0.489 e. The Balaban J connectivity index is 3.59. The molecule has 31 heavy (non-hydrogen) atoms. The highest BCUT2D eigenvalue weighted by Crippen LogP contribution is 2.35. The van der Waals surface area contributed by atoms with Crippen LogP contribution in [-0.4, -0.2) is 58.3 Å². The first-order valence-electron chi connectivity index (χ1n) is 10.3. The zero-order chi connectivity index (χ0) is 24.1. The van der Waals surface area contributed by atoms with Crippen LogP contribution in [0.2, 0.25) is 0 Å². The Morgan fingerprint density at radius 3 is 2.03 bits per heavy atom. The summed E-state index contributed by atoms with van der Waals surface area (Å²) >= 11 is 0. The number of hydrogen-bond acceptors (Lipinski definition) is 6. The quantitative estimate of drug-likeness (QED) is 0.541. The zero-order valence-electron chi connectivity index (χ0n) is 20.0. The van der Waals surface area contributed by atoms with Gasteiger partial charge in [0.25, 0.3) is 5.91 Å². The second kappa shape index (κ2) is 10.0. The highest BCUT2D eigenvalue weighted by Gasteiger charge is 2.50. The van der Waals surface area contributed by atoms with Crippen molar-refractivity contribution in [2.24, 2.45) is 5.92 Å². The fourth-order valence-electron chi connectivity index (χ4n) is 2.97. The van der Waals surface area contributed by atoms with Crippen LogP contribution in [0.5, 0.6) is 0 Å².